The largest absolute Gasteiger partial charge is 0.326 e. The van der Waals surface area contributed by atoms with Crippen LogP contribution in [0.5, 0.6) is 0 Å². The quantitative estimate of drug-likeness (QED) is 0.746. The topological polar surface area (TPSA) is 66.6 Å². The highest BCUT2D eigenvalue weighted by atomic mass is 32.2. The summed E-state index contributed by atoms with van der Waals surface area (Å²) >= 11 is 0. The highest BCUT2D eigenvalue weighted by Gasteiger charge is 2.35. The van der Waals surface area contributed by atoms with E-state index in [0.29, 0.717) is 32.1 Å². The average molecular weight is 247 g/mol. The van der Waals surface area contributed by atoms with Crippen LogP contribution in [0.1, 0.15) is 26.2 Å². The number of piperidine rings is 1. The van der Waals surface area contributed by atoms with Crippen LogP contribution >= 0.6 is 0 Å². The number of nitrogens with two attached hydrogens (primary N) is 1. The Bertz CT molecular complexity index is 328. The van der Waals surface area contributed by atoms with Gasteiger partial charge < -0.3 is 5.73 Å². The monoisotopic (exact) mass is 247 g/mol. The van der Waals surface area contributed by atoms with Gasteiger partial charge in [-0.3, -0.25) is 0 Å². The third-order valence-corrected chi connectivity index (χ3v) is 5.34. The fourth-order valence-corrected chi connectivity index (χ4v) is 4.49. The molecule has 0 amide bonds. The Morgan fingerprint density at radius 3 is 2.31 bits per heavy atom. The van der Waals surface area contributed by atoms with Crippen LogP contribution in [0.2, 0.25) is 0 Å². The Morgan fingerprint density at radius 1 is 1.12 bits per heavy atom. The molecule has 0 aromatic heterocycles. The number of nitrogens with zero attached hydrogens (tertiary/aromatic N) is 2. The molecule has 5 nitrogen and oxygen atoms in total. The molecule has 0 radical (unpaired) electrons. The van der Waals surface area contributed by atoms with Crippen molar-refractivity contribution in [1.82, 2.24) is 8.61 Å². The molecule has 2 aliphatic heterocycles. The molecule has 0 saturated carbocycles. The normalized spacial score (nSPS) is 34.4. The number of rotatable bonds is 2. The van der Waals surface area contributed by atoms with Gasteiger partial charge in [0.2, 0.25) is 0 Å². The van der Waals surface area contributed by atoms with Crippen molar-refractivity contribution in [3.05, 3.63) is 0 Å². The van der Waals surface area contributed by atoms with E-state index in [9.17, 15) is 8.42 Å². The highest BCUT2D eigenvalue weighted by Crippen LogP contribution is 2.22. The van der Waals surface area contributed by atoms with Crippen LogP contribution < -0.4 is 5.73 Å². The van der Waals surface area contributed by atoms with Crippen molar-refractivity contribution in [3.8, 4) is 0 Å². The van der Waals surface area contributed by atoms with E-state index in [1.165, 1.54) is 0 Å². The van der Waals surface area contributed by atoms with Crippen molar-refractivity contribution in [2.75, 3.05) is 26.2 Å². The van der Waals surface area contributed by atoms with Gasteiger partial charge in [0.1, 0.15) is 0 Å². The van der Waals surface area contributed by atoms with Gasteiger partial charge in [-0.15, -0.1) is 0 Å². The van der Waals surface area contributed by atoms with Gasteiger partial charge in [0, 0.05) is 32.2 Å². The lowest BCUT2D eigenvalue weighted by atomic mass is 9.99. The van der Waals surface area contributed by atoms with Crippen molar-refractivity contribution in [3.63, 3.8) is 0 Å². The summed E-state index contributed by atoms with van der Waals surface area (Å²) in [5.74, 6) is 0.362. The van der Waals surface area contributed by atoms with Gasteiger partial charge in [-0.25, -0.2) is 0 Å². The van der Waals surface area contributed by atoms with E-state index in [1.807, 2.05) is 0 Å². The number of hydrogen-bond donors (Lipinski definition) is 1. The van der Waals surface area contributed by atoms with Crippen LogP contribution in [-0.4, -0.2) is 49.2 Å². The molecule has 2 fully saturated rings. The van der Waals surface area contributed by atoms with Crippen LogP contribution in [0.25, 0.3) is 0 Å². The second-order valence-corrected chi connectivity index (χ2v) is 6.96. The molecule has 0 aromatic carbocycles. The van der Waals surface area contributed by atoms with Gasteiger partial charge in [-0.05, 0) is 25.2 Å². The summed E-state index contributed by atoms with van der Waals surface area (Å²) in [5, 5.41) is 0. The molecule has 2 aliphatic rings. The van der Waals surface area contributed by atoms with Crippen molar-refractivity contribution in [2.45, 2.75) is 32.2 Å². The maximum absolute atomic E-state index is 12.3. The third-order valence-electron chi connectivity index (χ3n) is 3.38. The minimum absolute atomic E-state index is 0.0128. The second kappa shape index (κ2) is 4.60. The first-order valence-electron chi connectivity index (χ1n) is 6.01. The Kier molecular flexibility index (Phi) is 3.53. The summed E-state index contributed by atoms with van der Waals surface area (Å²) in [7, 11) is -3.24. The predicted molar refractivity (Wildman–Crippen MR) is 63.1 cm³/mol. The molecule has 2 saturated heterocycles. The minimum Gasteiger partial charge on any atom is -0.326 e. The Morgan fingerprint density at radius 2 is 1.75 bits per heavy atom. The maximum Gasteiger partial charge on any atom is 0.282 e. The molecule has 94 valence electrons. The van der Waals surface area contributed by atoms with Crippen molar-refractivity contribution in [2.24, 2.45) is 11.7 Å². The molecule has 0 aliphatic carbocycles. The summed E-state index contributed by atoms with van der Waals surface area (Å²) in [5.41, 5.74) is 5.89. The lowest BCUT2D eigenvalue weighted by Gasteiger charge is -2.35. The summed E-state index contributed by atoms with van der Waals surface area (Å²) in [6.45, 7) is 4.49. The van der Waals surface area contributed by atoms with Gasteiger partial charge in [0.15, 0.2) is 0 Å². The van der Waals surface area contributed by atoms with Gasteiger partial charge in [-0.1, -0.05) is 6.92 Å². The summed E-state index contributed by atoms with van der Waals surface area (Å²) in [6.07, 6.45) is 2.88. The first kappa shape index (κ1) is 12.3. The lowest BCUT2D eigenvalue weighted by molar-refractivity contribution is 0.240. The van der Waals surface area contributed by atoms with E-state index in [1.54, 1.807) is 8.61 Å². The molecule has 2 rings (SSSR count). The van der Waals surface area contributed by atoms with Gasteiger partial charge in [0.25, 0.3) is 10.2 Å². The smallest absolute Gasteiger partial charge is 0.282 e. The molecular weight excluding hydrogens is 226 g/mol. The predicted octanol–water partition coefficient (Wildman–Crippen LogP) is -0.00390. The van der Waals surface area contributed by atoms with E-state index >= 15 is 0 Å². The van der Waals surface area contributed by atoms with Gasteiger partial charge >= 0.3 is 0 Å². The zero-order valence-corrected chi connectivity index (χ0v) is 10.6. The summed E-state index contributed by atoms with van der Waals surface area (Å²) < 4.78 is 27.7. The van der Waals surface area contributed by atoms with E-state index < -0.39 is 10.2 Å². The molecule has 2 heterocycles. The van der Waals surface area contributed by atoms with Crippen LogP contribution in [0, 0.1) is 5.92 Å². The first-order chi connectivity index (χ1) is 7.50. The molecule has 2 unspecified atom stereocenters. The average Bonchev–Trinajstić information content (AvgIpc) is 2.69. The zero-order chi connectivity index (χ0) is 11.8. The van der Waals surface area contributed by atoms with E-state index in [4.69, 9.17) is 5.73 Å². The van der Waals surface area contributed by atoms with Crippen LogP contribution in [0.15, 0.2) is 0 Å². The molecule has 0 aromatic rings. The van der Waals surface area contributed by atoms with E-state index in [-0.39, 0.29) is 6.04 Å². The van der Waals surface area contributed by atoms with Crippen LogP contribution in [0.3, 0.4) is 0 Å². The lowest BCUT2D eigenvalue weighted by Crippen LogP contribution is -2.52. The number of hydrogen-bond acceptors (Lipinski definition) is 3. The first-order valence-corrected chi connectivity index (χ1v) is 7.40. The minimum atomic E-state index is -3.24. The molecule has 6 heteroatoms. The van der Waals surface area contributed by atoms with Crippen molar-refractivity contribution < 1.29 is 8.42 Å². The Hall–Kier alpha value is -0.170. The molecular formula is C10H21N3O2S. The third kappa shape index (κ3) is 2.40. The van der Waals surface area contributed by atoms with Crippen LogP contribution in [0.4, 0.5) is 0 Å². The van der Waals surface area contributed by atoms with E-state index in [0.717, 1.165) is 19.3 Å². The Balaban J connectivity index is 2.10. The van der Waals surface area contributed by atoms with E-state index in [2.05, 4.69) is 6.92 Å². The SMILES string of the molecule is CC1CC(N)CN(S(=O)(=O)N2CCCC2)C1. The summed E-state index contributed by atoms with van der Waals surface area (Å²) in [6, 6.07) is -0.0128. The maximum atomic E-state index is 12.3. The molecule has 16 heavy (non-hydrogen) atoms. The fourth-order valence-electron chi connectivity index (χ4n) is 2.62. The van der Waals surface area contributed by atoms with Crippen molar-refractivity contribution >= 4 is 10.2 Å². The summed E-state index contributed by atoms with van der Waals surface area (Å²) in [4.78, 5) is 0. The van der Waals surface area contributed by atoms with Gasteiger partial charge in [0.05, 0.1) is 0 Å². The Labute approximate surface area is 97.8 Å². The molecule has 0 spiro atoms. The molecule has 0 bridgehead atoms. The fraction of sp³-hybridized carbons (Fsp3) is 1.00. The van der Waals surface area contributed by atoms with Crippen molar-refractivity contribution in [1.29, 1.82) is 0 Å². The second-order valence-electron chi connectivity index (χ2n) is 5.03. The zero-order valence-electron chi connectivity index (χ0n) is 9.80. The standard InChI is InChI=1S/C10H21N3O2S/c1-9-6-10(11)8-13(7-9)16(14,15)12-4-2-3-5-12/h9-10H,2-8,11H2,1H3. The van der Waals surface area contributed by atoms with Gasteiger partial charge in [-0.2, -0.15) is 17.0 Å². The van der Waals surface area contributed by atoms with Crippen LogP contribution in [-0.2, 0) is 10.2 Å². The molecule has 2 N–H and O–H groups in total. The highest BCUT2D eigenvalue weighted by molar-refractivity contribution is 7.86. The molecule has 2 atom stereocenters.